The second-order valence-electron chi connectivity index (χ2n) is 4.34. The van der Waals surface area contributed by atoms with Crippen molar-refractivity contribution in [2.45, 2.75) is 6.92 Å². The molecule has 2 aromatic rings. The van der Waals surface area contributed by atoms with Crippen molar-refractivity contribution in [3.05, 3.63) is 71.3 Å². The van der Waals surface area contributed by atoms with Crippen LogP contribution in [0.5, 0.6) is 0 Å². The van der Waals surface area contributed by atoms with Gasteiger partial charge in [0.05, 0.1) is 6.54 Å². The third-order valence-electron chi connectivity index (χ3n) is 2.79. The normalized spacial score (nSPS) is 9.95. The van der Waals surface area contributed by atoms with E-state index in [0.29, 0.717) is 11.1 Å². The number of benzene rings is 2. The van der Waals surface area contributed by atoms with Gasteiger partial charge in [0.25, 0.3) is 5.91 Å². The monoisotopic (exact) mass is 253 g/mol. The van der Waals surface area contributed by atoms with Crippen LogP contribution in [-0.2, 0) is 0 Å². The Kier molecular flexibility index (Phi) is 4.08. The largest absolute Gasteiger partial charge is 0.345 e. The Morgan fingerprint density at radius 2 is 1.63 bits per heavy atom. The minimum Gasteiger partial charge on any atom is -0.345 e. The van der Waals surface area contributed by atoms with E-state index in [4.69, 9.17) is 0 Å². The second-order valence-corrected chi connectivity index (χ2v) is 4.34. The van der Waals surface area contributed by atoms with E-state index >= 15 is 0 Å². The van der Waals surface area contributed by atoms with E-state index in [0.717, 1.165) is 5.56 Å². The summed E-state index contributed by atoms with van der Waals surface area (Å²) in [5, 5.41) is 2.63. The first kappa shape index (κ1) is 13.0. The van der Waals surface area contributed by atoms with Gasteiger partial charge in [-0.2, -0.15) is 0 Å². The number of Topliss-reactive ketones (excluding diaryl/α,β-unsaturated/α-hetero) is 1. The highest BCUT2D eigenvalue weighted by atomic mass is 16.2. The van der Waals surface area contributed by atoms with E-state index in [2.05, 4.69) is 5.32 Å². The Bertz CT molecular complexity index is 591. The molecule has 0 radical (unpaired) electrons. The van der Waals surface area contributed by atoms with Crippen LogP contribution in [0.4, 0.5) is 0 Å². The fourth-order valence-corrected chi connectivity index (χ4v) is 1.77. The Morgan fingerprint density at radius 1 is 0.947 bits per heavy atom. The number of amides is 1. The third-order valence-corrected chi connectivity index (χ3v) is 2.79. The summed E-state index contributed by atoms with van der Waals surface area (Å²) in [5.74, 6) is -0.324. The predicted octanol–water partition coefficient (Wildman–Crippen LogP) is 2.61. The summed E-state index contributed by atoms with van der Waals surface area (Å²) in [4.78, 5) is 23.7. The molecule has 1 amide bonds. The zero-order valence-electron chi connectivity index (χ0n) is 10.7. The van der Waals surface area contributed by atoms with Gasteiger partial charge in [0, 0.05) is 11.1 Å². The molecule has 0 saturated carbocycles. The molecule has 0 heterocycles. The number of aryl methyl sites for hydroxylation is 1. The standard InChI is InChI=1S/C16H15NO2/c1-12-6-5-9-14(10-12)15(18)11-17-16(19)13-7-3-2-4-8-13/h2-10H,11H2,1H3,(H,17,19). The lowest BCUT2D eigenvalue weighted by molar-refractivity contribution is 0.0904. The average Bonchev–Trinajstić information content (AvgIpc) is 2.45. The van der Waals surface area contributed by atoms with Gasteiger partial charge in [-0.25, -0.2) is 0 Å². The Morgan fingerprint density at radius 3 is 2.32 bits per heavy atom. The fraction of sp³-hybridized carbons (Fsp3) is 0.125. The Balaban J connectivity index is 1.96. The van der Waals surface area contributed by atoms with Gasteiger partial charge in [0.15, 0.2) is 5.78 Å². The maximum absolute atomic E-state index is 11.9. The average molecular weight is 253 g/mol. The van der Waals surface area contributed by atoms with Crippen molar-refractivity contribution in [2.24, 2.45) is 0 Å². The van der Waals surface area contributed by atoms with Gasteiger partial charge in [0.1, 0.15) is 0 Å². The van der Waals surface area contributed by atoms with Gasteiger partial charge >= 0.3 is 0 Å². The number of rotatable bonds is 4. The lowest BCUT2D eigenvalue weighted by Gasteiger charge is -2.05. The minimum atomic E-state index is -0.235. The molecule has 1 N–H and O–H groups in total. The minimum absolute atomic E-state index is 0.0111. The Hall–Kier alpha value is -2.42. The molecule has 0 unspecified atom stereocenters. The summed E-state index contributed by atoms with van der Waals surface area (Å²) >= 11 is 0. The van der Waals surface area contributed by atoms with Crippen molar-refractivity contribution < 1.29 is 9.59 Å². The summed E-state index contributed by atoms with van der Waals surface area (Å²) < 4.78 is 0. The van der Waals surface area contributed by atoms with Gasteiger partial charge in [0.2, 0.25) is 0 Å². The first-order valence-corrected chi connectivity index (χ1v) is 6.10. The highest BCUT2D eigenvalue weighted by Crippen LogP contribution is 2.04. The molecule has 2 aromatic carbocycles. The predicted molar refractivity (Wildman–Crippen MR) is 74.3 cm³/mol. The molecular formula is C16H15NO2. The zero-order valence-corrected chi connectivity index (χ0v) is 10.7. The molecule has 0 spiro atoms. The molecular weight excluding hydrogens is 238 g/mol. The van der Waals surface area contributed by atoms with Crippen LogP contribution in [-0.4, -0.2) is 18.2 Å². The van der Waals surface area contributed by atoms with Crippen LogP contribution in [0.1, 0.15) is 26.3 Å². The second kappa shape index (κ2) is 5.96. The van der Waals surface area contributed by atoms with Crippen LogP contribution >= 0.6 is 0 Å². The quantitative estimate of drug-likeness (QED) is 0.851. The molecule has 0 aliphatic heterocycles. The number of carbonyl (C=O) groups is 2. The van der Waals surface area contributed by atoms with Crippen molar-refractivity contribution in [1.29, 1.82) is 0 Å². The van der Waals surface area contributed by atoms with Crippen molar-refractivity contribution in [1.82, 2.24) is 5.32 Å². The van der Waals surface area contributed by atoms with E-state index in [9.17, 15) is 9.59 Å². The maximum Gasteiger partial charge on any atom is 0.251 e. The van der Waals surface area contributed by atoms with Gasteiger partial charge in [-0.3, -0.25) is 9.59 Å². The number of hydrogen-bond acceptors (Lipinski definition) is 2. The summed E-state index contributed by atoms with van der Waals surface area (Å²) in [6, 6.07) is 16.2. The Labute approximate surface area is 112 Å². The summed E-state index contributed by atoms with van der Waals surface area (Å²) in [6.45, 7) is 1.94. The molecule has 0 atom stereocenters. The van der Waals surface area contributed by atoms with E-state index in [1.54, 1.807) is 30.3 Å². The molecule has 0 saturated heterocycles. The molecule has 0 aromatic heterocycles. The van der Waals surface area contributed by atoms with Crippen LogP contribution < -0.4 is 5.32 Å². The lowest BCUT2D eigenvalue weighted by Crippen LogP contribution is -2.29. The van der Waals surface area contributed by atoms with Crippen LogP contribution in [0.3, 0.4) is 0 Å². The first-order valence-electron chi connectivity index (χ1n) is 6.10. The van der Waals surface area contributed by atoms with Crippen LogP contribution in [0.2, 0.25) is 0 Å². The molecule has 0 aliphatic carbocycles. The maximum atomic E-state index is 11.9. The third kappa shape index (κ3) is 3.52. The smallest absolute Gasteiger partial charge is 0.251 e. The summed E-state index contributed by atoms with van der Waals surface area (Å²) in [5.41, 5.74) is 2.20. The zero-order chi connectivity index (χ0) is 13.7. The molecule has 0 bridgehead atoms. The molecule has 3 nitrogen and oxygen atoms in total. The molecule has 2 rings (SSSR count). The highest BCUT2D eigenvalue weighted by molar-refractivity contribution is 6.02. The number of carbonyl (C=O) groups excluding carboxylic acids is 2. The SMILES string of the molecule is Cc1cccc(C(=O)CNC(=O)c2ccccc2)c1. The molecule has 3 heteroatoms. The van der Waals surface area contributed by atoms with Crippen LogP contribution in [0.25, 0.3) is 0 Å². The van der Waals surface area contributed by atoms with Crippen LogP contribution in [0.15, 0.2) is 54.6 Å². The number of nitrogens with one attached hydrogen (secondary N) is 1. The van der Waals surface area contributed by atoms with Crippen LogP contribution in [0, 0.1) is 6.92 Å². The van der Waals surface area contributed by atoms with Crippen molar-refractivity contribution in [3.8, 4) is 0 Å². The van der Waals surface area contributed by atoms with Crippen molar-refractivity contribution in [2.75, 3.05) is 6.54 Å². The van der Waals surface area contributed by atoms with E-state index in [1.807, 2.05) is 31.2 Å². The molecule has 0 fully saturated rings. The fourth-order valence-electron chi connectivity index (χ4n) is 1.77. The van der Waals surface area contributed by atoms with Crippen molar-refractivity contribution >= 4 is 11.7 Å². The summed E-state index contributed by atoms with van der Waals surface area (Å²) in [6.07, 6.45) is 0. The molecule has 96 valence electrons. The van der Waals surface area contributed by atoms with Gasteiger partial charge in [-0.15, -0.1) is 0 Å². The van der Waals surface area contributed by atoms with E-state index < -0.39 is 0 Å². The molecule has 0 aliphatic rings. The van der Waals surface area contributed by atoms with E-state index in [1.165, 1.54) is 0 Å². The van der Waals surface area contributed by atoms with Gasteiger partial charge in [-0.1, -0.05) is 42.0 Å². The van der Waals surface area contributed by atoms with Gasteiger partial charge in [-0.05, 0) is 25.1 Å². The topological polar surface area (TPSA) is 46.2 Å². The number of ketones is 1. The lowest BCUT2D eigenvalue weighted by atomic mass is 10.1. The molecule has 19 heavy (non-hydrogen) atoms. The van der Waals surface area contributed by atoms with Gasteiger partial charge < -0.3 is 5.32 Å². The number of hydrogen-bond donors (Lipinski definition) is 1. The summed E-state index contributed by atoms with van der Waals surface area (Å²) in [7, 11) is 0. The highest BCUT2D eigenvalue weighted by Gasteiger charge is 2.09. The van der Waals surface area contributed by atoms with Crippen molar-refractivity contribution in [3.63, 3.8) is 0 Å². The first-order chi connectivity index (χ1) is 9.16. The van der Waals surface area contributed by atoms with E-state index in [-0.39, 0.29) is 18.2 Å².